The molecule has 2 heterocycles. The van der Waals surface area contributed by atoms with Crippen LogP contribution in [0.25, 0.3) is 21.0 Å². The Morgan fingerprint density at radius 1 is 1.08 bits per heavy atom. The molecule has 0 aliphatic carbocycles. The van der Waals surface area contributed by atoms with E-state index in [0.717, 1.165) is 36.5 Å². The fourth-order valence-electron chi connectivity index (χ4n) is 3.27. The lowest BCUT2D eigenvalue weighted by atomic mass is 10.00. The number of nitrogens with zero attached hydrogens (tertiary/aromatic N) is 1. The molecule has 1 aromatic heterocycles. The molecule has 3 aromatic rings. The number of rotatable bonds is 4. The van der Waals surface area contributed by atoms with Gasteiger partial charge >= 0.3 is 0 Å². The number of hydrogen-bond donors (Lipinski definition) is 1. The molecule has 134 valence electrons. The third-order valence-corrected chi connectivity index (χ3v) is 6.01. The topological polar surface area (TPSA) is 34.1 Å². The van der Waals surface area contributed by atoms with Gasteiger partial charge in [-0.05, 0) is 73.8 Å². The first-order valence-electron chi connectivity index (χ1n) is 8.96. The molecule has 4 rings (SSSR count). The van der Waals surface area contributed by atoms with Crippen molar-refractivity contribution >= 4 is 22.9 Å². The number of thiazole rings is 1. The minimum Gasteiger partial charge on any atom is -0.492 e. The molecule has 0 radical (unpaired) electrons. The molecular formula is C21H21ClN2OS. The van der Waals surface area contributed by atoms with Crippen molar-refractivity contribution in [2.75, 3.05) is 19.7 Å². The Morgan fingerprint density at radius 2 is 1.88 bits per heavy atom. The maximum absolute atomic E-state index is 6.32. The van der Waals surface area contributed by atoms with E-state index in [9.17, 15) is 0 Å². The quantitative estimate of drug-likeness (QED) is 0.669. The standard InChI is InChI=1S/C21H21ClN2OS/c1-2-25-19-6-5-17(12-18(19)22)21-24-13-20(26-21)16-4-3-14-7-9-23-10-8-15(14)11-16/h3-6,11-13,23H,2,7-10H2,1H3. The van der Waals surface area contributed by atoms with Crippen molar-refractivity contribution in [1.29, 1.82) is 0 Å². The highest BCUT2D eigenvalue weighted by Gasteiger charge is 2.12. The molecule has 5 heteroatoms. The summed E-state index contributed by atoms with van der Waals surface area (Å²) in [4.78, 5) is 5.80. The Kier molecular flexibility index (Phi) is 5.25. The van der Waals surface area contributed by atoms with Gasteiger partial charge in [0.15, 0.2) is 0 Å². The number of nitrogens with one attached hydrogen (secondary N) is 1. The van der Waals surface area contributed by atoms with Crippen molar-refractivity contribution in [3.05, 3.63) is 58.7 Å². The molecule has 1 N–H and O–H groups in total. The third-order valence-electron chi connectivity index (χ3n) is 4.62. The predicted molar refractivity (Wildman–Crippen MR) is 109 cm³/mol. The molecule has 1 aliphatic heterocycles. The van der Waals surface area contributed by atoms with Crippen LogP contribution < -0.4 is 10.1 Å². The van der Waals surface area contributed by atoms with E-state index in [2.05, 4.69) is 28.5 Å². The molecule has 2 aromatic carbocycles. The highest BCUT2D eigenvalue weighted by Crippen LogP contribution is 2.36. The lowest BCUT2D eigenvalue weighted by molar-refractivity contribution is 0.340. The monoisotopic (exact) mass is 384 g/mol. The summed E-state index contributed by atoms with van der Waals surface area (Å²) >= 11 is 8.02. The summed E-state index contributed by atoms with van der Waals surface area (Å²) in [5.41, 5.74) is 5.17. The summed E-state index contributed by atoms with van der Waals surface area (Å²) in [7, 11) is 0. The predicted octanol–water partition coefficient (Wildman–Crippen LogP) is 5.22. The van der Waals surface area contributed by atoms with E-state index < -0.39 is 0 Å². The molecule has 0 fully saturated rings. The van der Waals surface area contributed by atoms with E-state index in [1.165, 1.54) is 21.6 Å². The molecule has 0 bridgehead atoms. The molecule has 0 amide bonds. The molecule has 0 atom stereocenters. The average Bonchev–Trinajstić information content (AvgIpc) is 3.02. The Balaban J connectivity index is 1.62. The number of halogens is 1. The van der Waals surface area contributed by atoms with Crippen LogP contribution in [0.3, 0.4) is 0 Å². The lowest BCUT2D eigenvalue weighted by Crippen LogP contribution is -2.16. The molecule has 3 nitrogen and oxygen atoms in total. The maximum Gasteiger partial charge on any atom is 0.137 e. The number of benzene rings is 2. The van der Waals surface area contributed by atoms with Gasteiger partial charge in [-0.25, -0.2) is 4.98 Å². The van der Waals surface area contributed by atoms with Gasteiger partial charge in [0.2, 0.25) is 0 Å². The summed E-state index contributed by atoms with van der Waals surface area (Å²) in [6.07, 6.45) is 4.15. The highest BCUT2D eigenvalue weighted by molar-refractivity contribution is 7.18. The first-order valence-corrected chi connectivity index (χ1v) is 10.2. The molecule has 26 heavy (non-hydrogen) atoms. The minimum absolute atomic E-state index is 0.605. The van der Waals surface area contributed by atoms with E-state index >= 15 is 0 Å². The lowest BCUT2D eigenvalue weighted by Gasteiger charge is -2.07. The molecular weight excluding hydrogens is 364 g/mol. The average molecular weight is 385 g/mol. The SMILES string of the molecule is CCOc1ccc(-c2ncc(-c3ccc4c(c3)CCNCC4)s2)cc1Cl. The summed E-state index contributed by atoms with van der Waals surface area (Å²) < 4.78 is 5.51. The normalized spacial score (nSPS) is 13.9. The van der Waals surface area contributed by atoms with Crippen molar-refractivity contribution in [3.8, 4) is 26.8 Å². The summed E-state index contributed by atoms with van der Waals surface area (Å²) in [6.45, 7) is 4.67. The van der Waals surface area contributed by atoms with Crippen LogP contribution in [0.15, 0.2) is 42.6 Å². The number of aromatic nitrogens is 1. The van der Waals surface area contributed by atoms with Crippen LogP contribution in [0.1, 0.15) is 18.1 Å². The summed E-state index contributed by atoms with van der Waals surface area (Å²) in [5, 5.41) is 5.06. The number of ether oxygens (including phenoxy) is 1. The number of hydrogen-bond acceptors (Lipinski definition) is 4. The van der Waals surface area contributed by atoms with Gasteiger partial charge in [0.05, 0.1) is 16.5 Å². The molecule has 0 saturated carbocycles. The Bertz CT molecular complexity index is 922. The van der Waals surface area contributed by atoms with Gasteiger partial charge < -0.3 is 10.1 Å². The fourth-order valence-corrected chi connectivity index (χ4v) is 4.42. The van der Waals surface area contributed by atoms with Gasteiger partial charge in [-0.15, -0.1) is 11.3 Å². The third kappa shape index (κ3) is 3.63. The summed E-state index contributed by atoms with van der Waals surface area (Å²) in [6, 6.07) is 12.7. The Hall–Kier alpha value is -1.88. The number of fused-ring (bicyclic) bond motifs is 1. The first kappa shape index (κ1) is 17.5. The zero-order valence-corrected chi connectivity index (χ0v) is 16.3. The van der Waals surface area contributed by atoms with Gasteiger partial charge in [-0.3, -0.25) is 0 Å². The van der Waals surface area contributed by atoms with Crippen LogP contribution in [0.5, 0.6) is 5.75 Å². The van der Waals surface area contributed by atoms with E-state index in [-0.39, 0.29) is 0 Å². The zero-order valence-electron chi connectivity index (χ0n) is 14.7. The Labute approximate surface area is 163 Å². The van der Waals surface area contributed by atoms with E-state index in [1.807, 2.05) is 31.3 Å². The van der Waals surface area contributed by atoms with E-state index in [1.54, 1.807) is 11.3 Å². The first-order chi connectivity index (χ1) is 12.7. The van der Waals surface area contributed by atoms with Crippen LogP contribution in [-0.4, -0.2) is 24.7 Å². The van der Waals surface area contributed by atoms with Crippen molar-refractivity contribution in [2.45, 2.75) is 19.8 Å². The van der Waals surface area contributed by atoms with Gasteiger partial charge in [-0.2, -0.15) is 0 Å². The second kappa shape index (κ2) is 7.78. The van der Waals surface area contributed by atoms with E-state index in [4.69, 9.17) is 16.3 Å². The smallest absolute Gasteiger partial charge is 0.137 e. The van der Waals surface area contributed by atoms with Gasteiger partial charge in [0.25, 0.3) is 0 Å². The highest BCUT2D eigenvalue weighted by atomic mass is 35.5. The van der Waals surface area contributed by atoms with Gasteiger partial charge in [-0.1, -0.05) is 23.7 Å². The van der Waals surface area contributed by atoms with Crippen LogP contribution >= 0.6 is 22.9 Å². The molecule has 1 aliphatic rings. The molecule has 0 unspecified atom stereocenters. The van der Waals surface area contributed by atoms with Crippen molar-refractivity contribution in [1.82, 2.24) is 10.3 Å². The van der Waals surface area contributed by atoms with Gasteiger partial charge in [0.1, 0.15) is 10.8 Å². The minimum atomic E-state index is 0.605. The Morgan fingerprint density at radius 3 is 2.69 bits per heavy atom. The maximum atomic E-state index is 6.32. The van der Waals surface area contributed by atoms with Crippen LogP contribution in [0, 0.1) is 0 Å². The molecule has 0 spiro atoms. The van der Waals surface area contributed by atoms with Crippen molar-refractivity contribution in [2.24, 2.45) is 0 Å². The van der Waals surface area contributed by atoms with E-state index in [0.29, 0.717) is 17.4 Å². The second-order valence-corrected chi connectivity index (χ2v) is 7.78. The van der Waals surface area contributed by atoms with Crippen LogP contribution in [-0.2, 0) is 12.8 Å². The van der Waals surface area contributed by atoms with Crippen molar-refractivity contribution < 1.29 is 4.74 Å². The zero-order chi connectivity index (χ0) is 17.9. The molecule has 0 saturated heterocycles. The van der Waals surface area contributed by atoms with Crippen LogP contribution in [0.4, 0.5) is 0 Å². The fraction of sp³-hybridized carbons (Fsp3) is 0.286. The summed E-state index contributed by atoms with van der Waals surface area (Å²) in [5.74, 6) is 0.717. The largest absolute Gasteiger partial charge is 0.492 e. The second-order valence-electron chi connectivity index (χ2n) is 6.34. The van der Waals surface area contributed by atoms with Gasteiger partial charge in [0, 0.05) is 11.8 Å². The van der Waals surface area contributed by atoms with Crippen LogP contribution in [0.2, 0.25) is 5.02 Å². The van der Waals surface area contributed by atoms with Crippen molar-refractivity contribution in [3.63, 3.8) is 0 Å².